The lowest BCUT2D eigenvalue weighted by Crippen LogP contribution is -2.20. The molecule has 0 saturated carbocycles. The van der Waals surface area contributed by atoms with Gasteiger partial charge in [0.25, 0.3) is 0 Å². The second-order valence-electron chi connectivity index (χ2n) is 4.37. The van der Waals surface area contributed by atoms with Crippen LogP contribution in [0, 0.1) is 0 Å². The standard InChI is InChI=1S/C16H16BrNO/c1-2-15(12-6-4-3-5-7-12)16(19)18-14-10-8-13(17)9-11-14/h3-11,15H,2H2,1H3,(H,18,19). The maximum absolute atomic E-state index is 12.3. The molecule has 0 bridgehead atoms. The molecule has 19 heavy (non-hydrogen) atoms. The molecule has 0 fully saturated rings. The predicted molar refractivity (Wildman–Crippen MR) is 82.2 cm³/mol. The highest BCUT2D eigenvalue weighted by Crippen LogP contribution is 2.22. The molecular formula is C16H16BrNO. The lowest BCUT2D eigenvalue weighted by atomic mass is 9.95. The van der Waals surface area contributed by atoms with Crippen molar-refractivity contribution >= 4 is 27.5 Å². The highest BCUT2D eigenvalue weighted by atomic mass is 79.9. The normalized spacial score (nSPS) is 11.9. The fourth-order valence-electron chi connectivity index (χ4n) is 2.02. The van der Waals surface area contributed by atoms with Gasteiger partial charge >= 0.3 is 0 Å². The van der Waals surface area contributed by atoms with Crippen molar-refractivity contribution in [1.29, 1.82) is 0 Å². The van der Waals surface area contributed by atoms with Crippen molar-refractivity contribution in [3.05, 3.63) is 64.6 Å². The van der Waals surface area contributed by atoms with E-state index in [-0.39, 0.29) is 11.8 Å². The average molecular weight is 318 g/mol. The van der Waals surface area contributed by atoms with Crippen LogP contribution in [-0.2, 0) is 4.79 Å². The second-order valence-corrected chi connectivity index (χ2v) is 5.28. The lowest BCUT2D eigenvalue weighted by Gasteiger charge is -2.15. The Bertz CT molecular complexity index is 536. The molecule has 2 aromatic carbocycles. The van der Waals surface area contributed by atoms with E-state index in [1.165, 1.54) is 0 Å². The summed E-state index contributed by atoms with van der Waals surface area (Å²) in [6, 6.07) is 17.5. The van der Waals surface area contributed by atoms with Crippen LogP contribution >= 0.6 is 15.9 Å². The first-order valence-corrected chi connectivity index (χ1v) is 7.11. The summed E-state index contributed by atoms with van der Waals surface area (Å²) in [5, 5.41) is 2.96. The van der Waals surface area contributed by atoms with Crippen LogP contribution in [0.15, 0.2) is 59.1 Å². The number of carbonyl (C=O) groups excluding carboxylic acids is 1. The molecule has 1 unspecified atom stereocenters. The van der Waals surface area contributed by atoms with E-state index in [4.69, 9.17) is 0 Å². The van der Waals surface area contributed by atoms with Gasteiger partial charge in [0.15, 0.2) is 0 Å². The van der Waals surface area contributed by atoms with Crippen LogP contribution in [0.1, 0.15) is 24.8 Å². The molecular weight excluding hydrogens is 302 g/mol. The van der Waals surface area contributed by atoms with Crippen molar-refractivity contribution in [3.63, 3.8) is 0 Å². The van der Waals surface area contributed by atoms with Gasteiger partial charge in [0.2, 0.25) is 5.91 Å². The first-order chi connectivity index (χ1) is 9.20. The van der Waals surface area contributed by atoms with Crippen molar-refractivity contribution in [3.8, 4) is 0 Å². The third-order valence-corrected chi connectivity index (χ3v) is 3.57. The first-order valence-electron chi connectivity index (χ1n) is 6.32. The molecule has 0 aromatic heterocycles. The quantitative estimate of drug-likeness (QED) is 0.878. The zero-order chi connectivity index (χ0) is 13.7. The van der Waals surface area contributed by atoms with Crippen molar-refractivity contribution < 1.29 is 4.79 Å². The van der Waals surface area contributed by atoms with E-state index in [0.717, 1.165) is 22.1 Å². The minimum atomic E-state index is -0.107. The zero-order valence-corrected chi connectivity index (χ0v) is 12.4. The predicted octanol–water partition coefficient (Wildman–Crippen LogP) is 4.58. The number of hydrogen-bond acceptors (Lipinski definition) is 1. The molecule has 0 aliphatic carbocycles. The van der Waals surface area contributed by atoms with Gasteiger partial charge in [0.1, 0.15) is 0 Å². The van der Waals surface area contributed by atoms with Crippen LogP contribution in [0.2, 0.25) is 0 Å². The van der Waals surface area contributed by atoms with E-state index in [9.17, 15) is 4.79 Å². The summed E-state index contributed by atoms with van der Waals surface area (Å²) in [5.74, 6) is -0.0686. The van der Waals surface area contributed by atoms with Crippen LogP contribution in [0.25, 0.3) is 0 Å². The van der Waals surface area contributed by atoms with Crippen LogP contribution in [-0.4, -0.2) is 5.91 Å². The van der Waals surface area contributed by atoms with Crippen molar-refractivity contribution in [1.82, 2.24) is 0 Å². The molecule has 0 aliphatic heterocycles. The van der Waals surface area contributed by atoms with E-state index in [0.29, 0.717) is 0 Å². The Balaban J connectivity index is 2.11. The van der Waals surface area contributed by atoms with Crippen molar-refractivity contribution in [2.45, 2.75) is 19.3 Å². The molecule has 1 amide bonds. The summed E-state index contributed by atoms with van der Waals surface area (Å²) in [7, 11) is 0. The molecule has 2 rings (SSSR count). The molecule has 1 atom stereocenters. The number of nitrogens with one attached hydrogen (secondary N) is 1. The molecule has 2 nitrogen and oxygen atoms in total. The molecule has 0 radical (unpaired) electrons. The highest BCUT2D eigenvalue weighted by Gasteiger charge is 2.18. The maximum Gasteiger partial charge on any atom is 0.231 e. The van der Waals surface area contributed by atoms with Crippen molar-refractivity contribution in [2.75, 3.05) is 5.32 Å². The summed E-state index contributed by atoms with van der Waals surface area (Å²) in [5.41, 5.74) is 1.88. The third-order valence-electron chi connectivity index (χ3n) is 3.04. The number of benzene rings is 2. The SMILES string of the molecule is CCC(C(=O)Nc1ccc(Br)cc1)c1ccccc1. The van der Waals surface area contributed by atoms with E-state index >= 15 is 0 Å². The van der Waals surface area contributed by atoms with Gasteiger partial charge in [-0.05, 0) is 36.2 Å². The van der Waals surface area contributed by atoms with Gasteiger partial charge in [-0.2, -0.15) is 0 Å². The highest BCUT2D eigenvalue weighted by molar-refractivity contribution is 9.10. The van der Waals surface area contributed by atoms with Crippen molar-refractivity contribution in [2.24, 2.45) is 0 Å². The molecule has 0 spiro atoms. The summed E-state index contributed by atoms with van der Waals surface area (Å²) < 4.78 is 1.00. The summed E-state index contributed by atoms with van der Waals surface area (Å²) in [4.78, 5) is 12.3. The van der Waals surface area contributed by atoms with Gasteiger partial charge in [-0.1, -0.05) is 53.2 Å². The lowest BCUT2D eigenvalue weighted by molar-refractivity contribution is -0.117. The Morgan fingerprint density at radius 1 is 1.11 bits per heavy atom. The fourth-order valence-corrected chi connectivity index (χ4v) is 2.28. The van der Waals surface area contributed by atoms with E-state index < -0.39 is 0 Å². The van der Waals surface area contributed by atoms with Gasteiger partial charge < -0.3 is 5.32 Å². The Hall–Kier alpha value is -1.61. The largest absolute Gasteiger partial charge is 0.326 e. The fraction of sp³-hybridized carbons (Fsp3) is 0.188. The average Bonchev–Trinajstić information content (AvgIpc) is 2.43. The third kappa shape index (κ3) is 3.67. The molecule has 1 N–H and O–H groups in total. The number of rotatable bonds is 4. The van der Waals surface area contributed by atoms with Crippen LogP contribution in [0.4, 0.5) is 5.69 Å². The number of hydrogen-bond donors (Lipinski definition) is 1. The monoisotopic (exact) mass is 317 g/mol. The van der Waals surface area contributed by atoms with E-state index in [2.05, 4.69) is 21.2 Å². The van der Waals surface area contributed by atoms with Gasteiger partial charge in [-0.25, -0.2) is 0 Å². The number of carbonyl (C=O) groups is 1. The van der Waals surface area contributed by atoms with Crippen LogP contribution in [0.3, 0.4) is 0 Å². The Morgan fingerprint density at radius 2 is 1.74 bits per heavy atom. The number of halogens is 1. The summed E-state index contributed by atoms with van der Waals surface area (Å²) in [6.45, 7) is 2.03. The van der Waals surface area contributed by atoms with Crippen LogP contribution < -0.4 is 5.32 Å². The minimum absolute atomic E-state index is 0.0380. The zero-order valence-electron chi connectivity index (χ0n) is 10.8. The van der Waals surface area contributed by atoms with E-state index in [1.807, 2.05) is 61.5 Å². The molecule has 0 aliphatic rings. The molecule has 3 heteroatoms. The Morgan fingerprint density at radius 3 is 2.32 bits per heavy atom. The Kier molecular flexibility index (Phi) is 4.74. The molecule has 98 valence electrons. The van der Waals surface area contributed by atoms with E-state index in [1.54, 1.807) is 0 Å². The topological polar surface area (TPSA) is 29.1 Å². The summed E-state index contributed by atoms with van der Waals surface area (Å²) in [6.07, 6.45) is 0.784. The number of anilines is 1. The molecule has 0 heterocycles. The van der Waals surface area contributed by atoms with Gasteiger partial charge in [-0.3, -0.25) is 4.79 Å². The minimum Gasteiger partial charge on any atom is -0.326 e. The maximum atomic E-state index is 12.3. The summed E-state index contributed by atoms with van der Waals surface area (Å²) >= 11 is 3.38. The Labute approximate surface area is 122 Å². The van der Waals surface area contributed by atoms with Gasteiger partial charge in [-0.15, -0.1) is 0 Å². The number of amides is 1. The molecule has 0 saturated heterocycles. The first kappa shape index (κ1) is 13.8. The van der Waals surface area contributed by atoms with Gasteiger partial charge in [0.05, 0.1) is 5.92 Å². The van der Waals surface area contributed by atoms with Gasteiger partial charge in [0, 0.05) is 10.2 Å². The second kappa shape index (κ2) is 6.53. The molecule has 2 aromatic rings. The van der Waals surface area contributed by atoms with Crippen LogP contribution in [0.5, 0.6) is 0 Å². The smallest absolute Gasteiger partial charge is 0.231 e.